The van der Waals surface area contributed by atoms with Gasteiger partial charge in [0.15, 0.2) is 0 Å². The number of allylic oxidation sites excluding steroid dienone is 1. The van der Waals surface area contributed by atoms with Gasteiger partial charge in [-0.2, -0.15) is 0 Å². The van der Waals surface area contributed by atoms with E-state index in [1.54, 1.807) is 13.0 Å². The molecule has 6 heteroatoms. The molecule has 0 amide bonds. The molecule has 20 heavy (non-hydrogen) atoms. The Hall–Kier alpha value is -1.95. The zero-order chi connectivity index (χ0) is 15.1. The summed E-state index contributed by atoms with van der Waals surface area (Å²) in [7, 11) is 0. The van der Waals surface area contributed by atoms with E-state index in [1.807, 2.05) is 6.08 Å². The van der Waals surface area contributed by atoms with Crippen LogP contribution in [-0.2, 0) is 23.9 Å². The molecule has 0 aromatic heterocycles. The molecule has 0 aromatic carbocycles. The SMILES string of the molecule is C=C(C)C(=O)OCCO.O=C1OC(=O)C2CCC=CC12. The lowest BCUT2D eigenvalue weighted by atomic mass is 9.86. The number of fused-ring (bicyclic) bond motifs is 1. The highest BCUT2D eigenvalue weighted by molar-refractivity contribution is 5.97. The van der Waals surface area contributed by atoms with Gasteiger partial charge in [-0.1, -0.05) is 18.7 Å². The van der Waals surface area contributed by atoms with E-state index in [2.05, 4.69) is 16.1 Å². The number of hydrogen-bond donors (Lipinski definition) is 1. The van der Waals surface area contributed by atoms with E-state index in [-0.39, 0.29) is 37.0 Å². The van der Waals surface area contributed by atoms with Gasteiger partial charge in [0.1, 0.15) is 6.61 Å². The van der Waals surface area contributed by atoms with Crippen LogP contribution in [0.2, 0.25) is 0 Å². The molecule has 2 aliphatic rings. The van der Waals surface area contributed by atoms with Gasteiger partial charge < -0.3 is 14.6 Å². The van der Waals surface area contributed by atoms with E-state index in [0.29, 0.717) is 5.57 Å². The van der Waals surface area contributed by atoms with Crippen molar-refractivity contribution in [2.75, 3.05) is 13.2 Å². The van der Waals surface area contributed by atoms with Crippen LogP contribution in [0.3, 0.4) is 0 Å². The summed E-state index contributed by atoms with van der Waals surface area (Å²) in [6, 6.07) is 0. The van der Waals surface area contributed by atoms with Crippen molar-refractivity contribution >= 4 is 17.9 Å². The van der Waals surface area contributed by atoms with Crippen LogP contribution in [0.4, 0.5) is 0 Å². The van der Waals surface area contributed by atoms with Crippen LogP contribution >= 0.6 is 0 Å². The van der Waals surface area contributed by atoms with E-state index in [4.69, 9.17) is 5.11 Å². The van der Waals surface area contributed by atoms with E-state index in [1.165, 1.54) is 0 Å². The zero-order valence-corrected chi connectivity index (χ0v) is 11.3. The van der Waals surface area contributed by atoms with Crippen molar-refractivity contribution in [1.82, 2.24) is 0 Å². The maximum Gasteiger partial charge on any atom is 0.333 e. The summed E-state index contributed by atoms with van der Waals surface area (Å²) in [5.74, 6) is -1.65. The number of esters is 3. The lowest BCUT2D eigenvalue weighted by Crippen LogP contribution is -2.17. The molecule has 110 valence electrons. The highest BCUT2D eigenvalue weighted by atomic mass is 16.6. The average Bonchev–Trinajstić information content (AvgIpc) is 2.72. The third kappa shape index (κ3) is 4.31. The van der Waals surface area contributed by atoms with Gasteiger partial charge in [-0.05, 0) is 19.8 Å². The monoisotopic (exact) mass is 282 g/mol. The van der Waals surface area contributed by atoms with Crippen molar-refractivity contribution in [1.29, 1.82) is 0 Å². The quantitative estimate of drug-likeness (QED) is 0.355. The van der Waals surface area contributed by atoms with E-state index in [9.17, 15) is 14.4 Å². The van der Waals surface area contributed by atoms with Gasteiger partial charge in [0, 0.05) is 5.57 Å². The van der Waals surface area contributed by atoms with Crippen molar-refractivity contribution in [3.05, 3.63) is 24.3 Å². The van der Waals surface area contributed by atoms with Crippen LogP contribution < -0.4 is 0 Å². The molecule has 0 spiro atoms. The second-order valence-corrected chi connectivity index (χ2v) is 4.52. The molecule has 1 aliphatic carbocycles. The second-order valence-electron chi connectivity index (χ2n) is 4.52. The van der Waals surface area contributed by atoms with Gasteiger partial charge in [-0.3, -0.25) is 9.59 Å². The molecule has 2 unspecified atom stereocenters. The predicted octanol–water partition coefficient (Wildman–Crippen LogP) is 0.750. The second kappa shape index (κ2) is 7.59. The summed E-state index contributed by atoms with van der Waals surface area (Å²) in [6.45, 7) is 4.81. The first-order valence-corrected chi connectivity index (χ1v) is 6.33. The minimum atomic E-state index is -0.455. The van der Waals surface area contributed by atoms with Crippen LogP contribution in [0.5, 0.6) is 0 Å². The molecule has 6 nitrogen and oxygen atoms in total. The number of aliphatic hydroxyl groups is 1. The summed E-state index contributed by atoms with van der Waals surface area (Å²) < 4.78 is 8.94. The van der Waals surface area contributed by atoms with Crippen molar-refractivity contribution in [3.8, 4) is 0 Å². The number of rotatable bonds is 3. The number of hydrogen-bond acceptors (Lipinski definition) is 6. The Morgan fingerprint density at radius 2 is 2.20 bits per heavy atom. The largest absolute Gasteiger partial charge is 0.460 e. The molecule has 2 atom stereocenters. The smallest absolute Gasteiger partial charge is 0.333 e. The lowest BCUT2D eigenvalue weighted by Gasteiger charge is -2.12. The molecule has 1 saturated heterocycles. The van der Waals surface area contributed by atoms with Crippen molar-refractivity contribution in [3.63, 3.8) is 0 Å². The van der Waals surface area contributed by atoms with Crippen molar-refractivity contribution in [2.24, 2.45) is 11.8 Å². The third-order valence-corrected chi connectivity index (χ3v) is 2.87. The highest BCUT2D eigenvalue weighted by Gasteiger charge is 2.43. The lowest BCUT2D eigenvalue weighted by molar-refractivity contribution is -0.153. The van der Waals surface area contributed by atoms with E-state index < -0.39 is 5.97 Å². The van der Waals surface area contributed by atoms with Crippen molar-refractivity contribution < 1.29 is 29.0 Å². The van der Waals surface area contributed by atoms with Gasteiger partial charge in [0.05, 0.1) is 18.4 Å². The van der Waals surface area contributed by atoms with E-state index >= 15 is 0 Å². The highest BCUT2D eigenvalue weighted by Crippen LogP contribution is 2.32. The van der Waals surface area contributed by atoms with Crippen LogP contribution in [0.1, 0.15) is 19.8 Å². The Balaban J connectivity index is 0.000000206. The maximum atomic E-state index is 10.9. The average molecular weight is 282 g/mol. The molecule has 0 bridgehead atoms. The number of carbonyl (C=O) groups is 3. The van der Waals surface area contributed by atoms with Crippen LogP contribution in [0.25, 0.3) is 0 Å². The topological polar surface area (TPSA) is 89.9 Å². The van der Waals surface area contributed by atoms with Gasteiger partial charge in [0.2, 0.25) is 0 Å². The Kier molecular flexibility index (Phi) is 6.11. The molecular formula is C14H18O6. The van der Waals surface area contributed by atoms with Crippen LogP contribution in [0, 0.1) is 11.8 Å². The summed E-state index contributed by atoms with van der Waals surface area (Å²) in [4.78, 5) is 32.3. The minimum Gasteiger partial charge on any atom is -0.460 e. The molecule has 1 aliphatic heterocycles. The van der Waals surface area contributed by atoms with Crippen LogP contribution in [0.15, 0.2) is 24.3 Å². The maximum absolute atomic E-state index is 10.9. The van der Waals surface area contributed by atoms with Gasteiger partial charge >= 0.3 is 17.9 Å². The standard InChI is InChI=1S/C8H8O3.C6H10O3/c9-7-5-3-1-2-4-6(5)8(10)11-7;1-5(2)6(8)9-4-3-7/h1,3,5-6H,2,4H2;7H,1,3-4H2,2H3. The normalized spacial score (nSPS) is 23.3. The van der Waals surface area contributed by atoms with Crippen LogP contribution in [-0.4, -0.2) is 36.2 Å². The fraction of sp³-hybridized carbons (Fsp3) is 0.500. The summed E-state index contributed by atoms with van der Waals surface area (Å²) in [5.41, 5.74) is 0.350. The third-order valence-electron chi connectivity index (χ3n) is 2.87. The molecule has 2 rings (SSSR count). The Morgan fingerprint density at radius 3 is 2.75 bits per heavy atom. The van der Waals surface area contributed by atoms with Gasteiger partial charge in [-0.25, -0.2) is 4.79 Å². The molecule has 0 saturated carbocycles. The van der Waals surface area contributed by atoms with Gasteiger partial charge in [-0.15, -0.1) is 0 Å². The molecule has 0 radical (unpaired) electrons. The first kappa shape index (κ1) is 16.1. The number of ether oxygens (including phenoxy) is 2. The summed E-state index contributed by atoms with van der Waals surface area (Å²) in [6.07, 6.45) is 5.34. The zero-order valence-electron chi connectivity index (χ0n) is 11.3. The summed E-state index contributed by atoms with van der Waals surface area (Å²) in [5, 5.41) is 8.19. The number of cyclic esters (lactones) is 2. The predicted molar refractivity (Wildman–Crippen MR) is 69.3 cm³/mol. The molecule has 0 aromatic rings. The van der Waals surface area contributed by atoms with E-state index in [0.717, 1.165) is 12.8 Å². The molecule has 1 heterocycles. The Morgan fingerprint density at radius 1 is 1.50 bits per heavy atom. The first-order chi connectivity index (χ1) is 9.47. The first-order valence-electron chi connectivity index (χ1n) is 6.33. The molecule has 1 N–H and O–H groups in total. The van der Waals surface area contributed by atoms with Crippen molar-refractivity contribution in [2.45, 2.75) is 19.8 Å². The fourth-order valence-corrected chi connectivity index (χ4v) is 1.84. The molecular weight excluding hydrogens is 264 g/mol. The van der Waals surface area contributed by atoms with Gasteiger partial charge in [0.25, 0.3) is 0 Å². The number of aliphatic hydroxyl groups excluding tert-OH is 1. The Labute approximate surface area is 117 Å². The fourth-order valence-electron chi connectivity index (χ4n) is 1.84. The minimum absolute atomic E-state index is 0.0473. The summed E-state index contributed by atoms with van der Waals surface area (Å²) >= 11 is 0. The molecule has 1 fully saturated rings. The Bertz CT molecular complexity index is 437. The number of carbonyl (C=O) groups excluding carboxylic acids is 3.